The van der Waals surface area contributed by atoms with Crippen molar-refractivity contribution in [2.24, 2.45) is 0 Å². The minimum absolute atomic E-state index is 0.0648. The quantitative estimate of drug-likeness (QED) is 0.189. The van der Waals surface area contributed by atoms with E-state index >= 15 is 0 Å². The third-order valence-corrected chi connectivity index (χ3v) is 7.32. The highest BCUT2D eigenvalue weighted by atomic mass is 35.5. The molecule has 1 amide bonds. The molecule has 9 heteroatoms. The van der Waals surface area contributed by atoms with Crippen LogP contribution in [-0.2, 0) is 19.1 Å². The van der Waals surface area contributed by atoms with Crippen LogP contribution in [-0.4, -0.2) is 36.8 Å². The van der Waals surface area contributed by atoms with Crippen LogP contribution in [0, 0.1) is 0 Å². The van der Waals surface area contributed by atoms with Gasteiger partial charge in [0, 0.05) is 26.4 Å². The molecule has 0 aliphatic heterocycles. The first-order valence-corrected chi connectivity index (χ1v) is 13.3. The van der Waals surface area contributed by atoms with E-state index < -0.39 is 24.5 Å². The van der Waals surface area contributed by atoms with Crippen LogP contribution in [0.2, 0.25) is 5.02 Å². The molecule has 0 bridgehead atoms. The Morgan fingerprint density at radius 3 is 2.47 bits per heavy atom. The second kappa shape index (κ2) is 12.1. The monoisotopic (exact) mass is 539 g/mol. The minimum atomic E-state index is -0.576. The zero-order valence-corrected chi connectivity index (χ0v) is 21.7. The van der Waals surface area contributed by atoms with E-state index in [1.807, 2.05) is 42.5 Å². The molecule has 3 aromatic carbocycles. The van der Waals surface area contributed by atoms with Gasteiger partial charge in [-0.1, -0.05) is 60.1 Å². The van der Waals surface area contributed by atoms with E-state index in [1.165, 1.54) is 23.1 Å². The zero-order chi connectivity index (χ0) is 25.5. The van der Waals surface area contributed by atoms with Crippen molar-refractivity contribution in [1.82, 2.24) is 0 Å². The maximum atomic E-state index is 12.7. The van der Waals surface area contributed by atoms with Gasteiger partial charge in [-0.2, -0.15) is 0 Å². The fourth-order valence-corrected chi connectivity index (χ4v) is 5.43. The van der Waals surface area contributed by atoms with Gasteiger partial charge < -0.3 is 14.8 Å². The molecule has 0 atom stereocenters. The number of anilines is 1. The summed E-state index contributed by atoms with van der Waals surface area (Å²) in [6.07, 6.45) is 0. The van der Waals surface area contributed by atoms with E-state index in [1.54, 1.807) is 36.6 Å². The lowest BCUT2D eigenvalue weighted by Gasteiger charge is -2.10. The molecule has 1 aromatic heterocycles. The molecule has 184 valence electrons. The number of nitrogens with one attached hydrogen (secondary N) is 1. The molecule has 6 nitrogen and oxygen atoms in total. The van der Waals surface area contributed by atoms with Gasteiger partial charge in [0.2, 0.25) is 0 Å². The minimum Gasteiger partial charge on any atom is -0.462 e. The van der Waals surface area contributed by atoms with Crippen molar-refractivity contribution in [1.29, 1.82) is 0 Å². The van der Waals surface area contributed by atoms with Gasteiger partial charge in [0.25, 0.3) is 5.91 Å². The number of benzene rings is 3. The maximum absolute atomic E-state index is 12.7. The number of hydrogen-bond donors (Lipinski definition) is 1. The Bertz CT molecular complexity index is 1420. The summed E-state index contributed by atoms with van der Waals surface area (Å²) in [5.74, 6) is -1.59. The summed E-state index contributed by atoms with van der Waals surface area (Å²) in [4.78, 5) is 38.3. The predicted molar refractivity (Wildman–Crippen MR) is 145 cm³/mol. The summed E-state index contributed by atoms with van der Waals surface area (Å²) >= 11 is 8.82. The molecule has 4 aromatic rings. The highest BCUT2D eigenvalue weighted by Crippen LogP contribution is 2.39. The molecule has 36 heavy (non-hydrogen) atoms. The average molecular weight is 540 g/mol. The lowest BCUT2D eigenvalue weighted by molar-refractivity contribution is -0.144. The summed E-state index contributed by atoms with van der Waals surface area (Å²) in [7, 11) is 0. The topological polar surface area (TPSA) is 81.7 Å². The number of carbonyl (C=O) groups excluding carboxylic acids is 3. The number of esters is 2. The van der Waals surface area contributed by atoms with Crippen molar-refractivity contribution >= 4 is 68.3 Å². The van der Waals surface area contributed by atoms with Crippen molar-refractivity contribution in [3.05, 3.63) is 82.7 Å². The lowest BCUT2D eigenvalue weighted by atomic mass is 10.0. The summed E-state index contributed by atoms with van der Waals surface area (Å²) < 4.78 is 10.3. The number of thioether (sulfide) groups is 1. The first kappa shape index (κ1) is 25.8. The fourth-order valence-electron chi connectivity index (χ4n) is 3.48. The fraction of sp³-hybridized carbons (Fsp3) is 0.148. The molecule has 1 heterocycles. The molecule has 0 saturated carbocycles. The Hall–Kier alpha value is -3.33. The molecule has 0 radical (unpaired) electrons. The van der Waals surface area contributed by atoms with E-state index in [-0.39, 0.29) is 17.9 Å². The standard InChI is InChI=1S/C27H22ClNO5S2/c1-2-33-27(32)25-21(20-9-5-6-10-22(20)28)15-36-26(25)29-23(30)14-34-24(31)16-35-19-12-11-17-7-3-4-8-18(17)13-19/h3-13,15H,2,14,16H2,1H3,(H,29,30). The number of halogens is 1. The van der Waals surface area contributed by atoms with Crippen LogP contribution >= 0.6 is 34.7 Å². The van der Waals surface area contributed by atoms with E-state index in [0.717, 1.165) is 15.7 Å². The molecule has 0 fully saturated rings. The second-order valence-corrected chi connectivity index (χ2v) is 9.90. The van der Waals surface area contributed by atoms with Crippen molar-refractivity contribution in [3.8, 4) is 11.1 Å². The summed E-state index contributed by atoms with van der Waals surface area (Å²) in [5.41, 5.74) is 1.42. The van der Waals surface area contributed by atoms with Gasteiger partial charge in [0.05, 0.1) is 12.4 Å². The first-order valence-electron chi connectivity index (χ1n) is 11.1. The van der Waals surface area contributed by atoms with Gasteiger partial charge in [-0.25, -0.2) is 4.79 Å². The van der Waals surface area contributed by atoms with Crippen LogP contribution in [0.5, 0.6) is 0 Å². The molecular weight excluding hydrogens is 518 g/mol. The lowest BCUT2D eigenvalue weighted by Crippen LogP contribution is -2.22. The van der Waals surface area contributed by atoms with Crippen molar-refractivity contribution < 1.29 is 23.9 Å². The normalized spacial score (nSPS) is 10.7. The van der Waals surface area contributed by atoms with Crippen LogP contribution in [0.3, 0.4) is 0 Å². The Morgan fingerprint density at radius 1 is 0.944 bits per heavy atom. The van der Waals surface area contributed by atoms with Crippen LogP contribution in [0.1, 0.15) is 17.3 Å². The Kier molecular flexibility index (Phi) is 8.64. The van der Waals surface area contributed by atoms with E-state index in [4.69, 9.17) is 21.1 Å². The number of ether oxygens (including phenoxy) is 2. The van der Waals surface area contributed by atoms with E-state index in [9.17, 15) is 14.4 Å². The molecule has 0 spiro atoms. The SMILES string of the molecule is CCOC(=O)c1c(-c2ccccc2Cl)csc1NC(=O)COC(=O)CSc1ccc2ccccc2c1. The number of rotatable bonds is 9. The Labute approximate surface area is 221 Å². The summed E-state index contributed by atoms with van der Waals surface area (Å²) in [5, 5.41) is 7.36. The maximum Gasteiger partial charge on any atom is 0.341 e. The van der Waals surface area contributed by atoms with Gasteiger partial charge in [0.1, 0.15) is 10.6 Å². The van der Waals surface area contributed by atoms with Gasteiger partial charge in [-0.3, -0.25) is 9.59 Å². The highest BCUT2D eigenvalue weighted by molar-refractivity contribution is 8.00. The van der Waals surface area contributed by atoms with E-state index in [2.05, 4.69) is 5.32 Å². The smallest absolute Gasteiger partial charge is 0.341 e. The van der Waals surface area contributed by atoms with Crippen molar-refractivity contribution in [2.75, 3.05) is 24.3 Å². The third kappa shape index (κ3) is 6.26. The van der Waals surface area contributed by atoms with Crippen molar-refractivity contribution in [3.63, 3.8) is 0 Å². The van der Waals surface area contributed by atoms with Crippen LogP contribution < -0.4 is 5.32 Å². The average Bonchev–Trinajstić information content (AvgIpc) is 3.29. The number of carbonyl (C=O) groups is 3. The molecule has 0 saturated heterocycles. The molecule has 0 aliphatic rings. The number of hydrogen-bond acceptors (Lipinski definition) is 7. The number of thiophene rings is 1. The van der Waals surface area contributed by atoms with Crippen molar-refractivity contribution in [2.45, 2.75) is 11.8 Å². The third-order valence-electron chi connectivity index (χ3n) is 5.13. The second-order valence-electron chi connectivity index (χ2n) is 7.56. The van der Waals surface area contributed by atoms with Crippen LogP contribution in [0.4, 0.5) is 5.00 Å². The van der Waals surface area contributed by atoms with Gasteiger partial charge in [-0.15, -0.1) is 23.1 Å². The van der Waals surface area contributed by atoms with Gasteiger partial charge >= 0.3 is 11.9 Å². The zero-order valence-electron chi connectivity index (χ0n) is 19.3. The van der Waals surface area contributed by atoms with Crippen LogP contribution in [0.15, 0.2) is 77.0 Å². The number of amides is 1. The first-order chi connectivity index (χ1) is 17.5. The Morgan fingerprint density at radius 2 is 1.69 bits per heavy atom. The molecule has 0 aliphatic carbocycles. The van der Waals surface area contributed by atoms with Gasteiger partial charge in [0.15, 0.2) is 6.61 Å². The number of fused-ring (bicyclic) bond motifs is 1. The highest BCUT2D eigenvalue weighted by Gasteiger charge is 2.24. The summed E-state index contributed by atoms with van der Waals surface area (Å²) in [6, 6.07) is 21.0. The molecule has 4 rings (SSSR count). The largest absolute Gasteiger partial charge is 0.462 e. The van der Waals surface area contributed by atoms with E-state index in [0.29, 0.717) is 21.2 Å². The molecule has 0 unspecified atom stereocenters. The predicted octanol–water partition coefficient (Wildman–Crippen LogP) is 6.67. The molecular formula is C27H22ClNO5S2. The Balaban J connectivity index is 1.37. The van der Waals surface area contributed by atoms with Gasteiger partial charge in [-0.05, 0) is 35.9 Å². The molecule has 1 N–H and O–H groups in total. The summed E-state index contributed by atoms with van der Waals surface area (Å²) in [6.45, 7) is 1.41. The van der Waals surface area contributed by atoms with Crippen LogP contribution in [0.25, 0.3) is 21.9 Å².